The Bertz CT molecular complexity index is 589. The Hall–Kier alpha value is -1.95. The van der Waals surface area contributed by atoms with Crippen molar-refractivity contribution in [2.45, 2.75) is 6.42 Å². The molecule has 0 unspecified atom stereocenters. The highest BCUT2D eigenvalue weighted by atomic mass is 19.1. The number of nitrogens with two attached hydrogens (primary N) is 1. The fourth-order valence-electron chi connectivity index (χ4n) is 1.69. The summed E-state index contributed by atoms with van der Waals surface area (Å²) in [4.78, 5) is 11.4. The summed E-state index contributed by atoms with van der Waals surface area (Å²) >= 11 is 0. The molecule has 1 aromatic carbocycles. The summed E-state index contributed by atoms with van der Waals surface area (Å²) < 4.78 is 26.3. The van der Waals surface area contributed by atoms with Gasteiger partial charge in [0.1, 0.15) is 11.6 Å². The van der Waals surface area contributed by atoms with Gasteiger partial charge in [0.05, 0.1) is 5.69 Å². The highest BCUT2D eigenvalue weighted by molar-refractivity contribution is 5.63. The van der Waals surface area contributed by atoms with E-state index in [1.807, 2.05) is 0 Å². The van der Waals surface area contributed by atoms with Gasteiger partial charge < -0.3 is 5.73 Å². The van der Waals surface area contributed by atoms with Crippen LogP contribution < -0.4 is 11.3 Å². The Morgan fingerprint density at radius 2 is 2.00 bits per heavy atom. The minimum Gasteiger partial charge on any atom is -0.330 e. The summed E-state index contributed by atoms with van der Waals surface area (Å²) in [6, 6.07) is 3.19. The van der Waals surface area contributed by atoms with Crippen LogP contribution in [0.25, 0.3) is 11.3 Å². The van der Waals surface area contributed by atoms with Crippen molar-refractivity contribution in [1.82, 2.24) is 10.2 Å². The highest BCUT2D eigenvalue weighted by Crippen LogP contribution is 2.23. The van der Waals surface area contributed by atoms with E-state index in [4.69, 9.17) is 5.73 Å². The summed E-state index contributed by atoms with van der Waals surface area (Å²) in [6.45, 7) is 0.275. The molecule has 2 aromatic rings. The van der Waals surface area contributed by atoms with Crippen LogP contribution in [0.15, 0.2) is 23.0 Å². The zero-order valence-corrected chi connectivity index (χ0v) is 8.89. The molecule has 4 nitrogen and oxygen atoms in total. The van der Waals surface area contributed by atoms with Crippen LogP contribution in [0.5, 0.6) is 0 Å². The van der Waals surface area contributed by atoms with E-state index in [1.54, 1.807) is 0 Å². The molecular weight excluding hydrogens is 228 g/mol. The minimum absolute atomic E-state index is 0.146. The van der Waals surface area contributed by atoms with E-state index in [0.717, 1.165) is 12.1 Å². The van der Waals surface area contributed by atoms with Gasteiger partial charge in [-0.2, -0.15) is 0 Å². The van der Waals surface area contributed by atoms with Crippen LogP contribution in [0, 0.1) is 11.6 Å². The number of nitrogens with one attached hydrogen (secondary N) is 2. The second-order valence-electron chi connectivity index (χ2n) is 3.60. The number of halogens is 2. The first kappa shape index (κ1) is 11.5. The molecule has 0 aliphatic heterocycles. The fourth-order valence-corrected chi connectivity index (χ4v) is 1.69. The molecule has 0 aliphatic rings. The molecule has 0 saturated carbocycles. The lowest BCUT2D eigenvalue weighted by molar-refractivity contribution is 0.585. The van der Waals surface area contributed by atoms with Crippen LogP contribution in [-0.4, -0.2) is 16.7 Å². The van der Waals surface area contributed by atoms with Gasteiger partial charge in [0.15, 0.2) is 0 Å². The normalized spacial score (nSPS) is 10.8. The van der Waals surface area contributed by atoms with E-state index < -0.39 is 11.6 Å². The molecule has 2 rings (SSSR count). The highest BCUT2D eigenvalue weighted by Gasteiger charge is 2.14. The molecule has 0 atom stereocenters. The van der Waals surface area contributed by atoms with Crippen molar-refractivity contribution in [2.24, 2.45) is 5.73 Å². The van der Waals surface area contributed by atoms with Gasteiger partial charge in [-0.3, -0.25) is 15.0 Å². The molecule has 0 radical (unpaired) electrons. The summed E-state index contributed by atoms with van der Waals surface area (Å²) in [7, 11) is 0. The van der Waals surface area contributed by atoms with Crippen molar-refractivity contribution < 1.29 is 8.78 Å². The van der Waals surface area contributed by atoms with Gasteiger partial charge in [-0.25, -0.2) is 8.78 Å². The van der Waals surface area contributed by atoms with E-state index in [2.05, 4.69) is 10.2 Å². The summed E-state index contributed by atoms with van der Waals surface area (Å²) in [6.07, 6.45) is 0.324. The molecule has 0 amide bonds. The topological polar surface area (TPSA) is 74.7 Å². The SMILES string of the molecule is NCCc1c(-c2ccc(F)cc2F)[nH][nH]c1=O. The number of aromatic amines is 2. The molecule has 1 aromatic heterocycles. The second-order valence-corrected chi connectivity index (χ2v) is 3.60. The molecule has 0 fully saturated rings. The molecule has 0 bridgehead atoms. The Labute approximate surface area is 95.4 Å². The maximum atomic E-state index is 13.6. The maximum Gasteiger partial charge on any atom is 0.267 e. The zero-order chi connectivity index (χ0) is 12.4. The Morgan fingerprint density at radius 3 is 2.65 bits per heavy atom. The number of aromatic nitrogens is 2. The van der Waals surface area contributed by atoms with Gasteiger partial charge in [0.2, 0.25) is 0 Å². The third-order valence-corrected chi connectivity index (χ3v) is 2.47. The van der Waals surface area contributed by atoms with Gasteiger partial charge in [-0.15, -0.1) is 0 Å². The number of hydrogen-bond acceptors (Lipinski definition) is 2. The zero-order valence-electron chi connectivity index (χ0n) is 8.89. The predicted octanol–water partition coefficient (Wildman–Crippen LogP) is 1.15. The predicted molar refractivity (Wildman–Crippen MR) is 59.5 cm³/mol. The molecule has 90 valence electrons. The fraction of sp³-hybridized carbons (Fsp3) is 0.182. The molecule has 17 heavy (non-hydrogen) atoms. The maximum absolute atomic E-state index is 13.6. The van der Waals surface area contributed by atoms with Crippen molar-refractivity contribution in [3.63, 3.8) is 0 Å². The lowest BCUT2D eigenvalue weighted by Gasteiger charge is -2.03. The third-order valence-electron chi connectivity index (χ3n) is 2.47. The van der Waals surface area contributed by atoms with E-state index in [-0.39, 0.29) is 17.7 Å². The molecule has 4 N–H and O–H groups in total. The Morgan fingerprint density at radius 1 is 1.24 bits per heavy atom. The average molecular weight is 239 g/mol. The standard InChI is InChI=1S/C11H11F2N3O/c12-6-1-2-7(9(13)5-6)10-8(3-4-14)11(17)16-15-10/h1-2,5H,3-4,14H2,(H2,15,16,17). The number of benzene rings is 1. The average Bonchev–Trinajstić information content (AvgIpc) is 2.62. The molecule has 6 heteroatoms. The molecule has 1 heterocycles. The summed E-state index contributed by atoms with van der Waals surface area (Å²) in [5.41, 5.74) is 5.88. The number of rotatable bonds is 3. The smallest absolute Gasteiger partial charge is 0.267 e. The van der Waals surface area contributed by atoms with Crippen molar-refractivity contribution >= 4 is 0 Å². The molecule has 0 spiro atoms. The van der Waals surface area contributed by atoms with Crippen molar-refractivity contribution in [3.05, 3.63) is 45.8 Å². The first-order valence-corrected chi connectivity index (χ1v) is 5.08. The van der Waals surface area contributed by atoms with Crippen LogP contribution in [0.1, 0.15) is 5.56 Å². The van der Waals surface area contributed by atoms with E-state index in [9.17, 15) is 13.6 Å². The number of hydrogen-bond donors (Lipinski definition) is 3. The lowest BCUT2D eigenvalue weighted by atomic mass is 10.1. The Balaban J connectivity index is 2.56. The molecule has 0 saturated heterocycles. The van der Waals surface area contributed by atoms with Crippen LogP contribution in [0.4, 0.5) is 8.78 Å². The Kier molecular flexibility index (Phi) is 3.06. The third kappa shape index (κ3) is 2.12. The number of H-pyrrole nitrogens is 2. The first-order chi connectivity index (χ1) is 8.13. The van der Waals surface area contributed by atoms with Gasteiger partial charge in [0, 0.05) is 17.2 Å². The second kappa shape index (κ2) is 4.50. The van der Waals surface area contributed by atoms with Gasteiger partial charge in [-0.05, 0) is 25.1 Å². The van der Waals surface area contributed by atoms with E-state index in [0.29, 0.717) is 17.7 Å². The lowest BCUT2D eigenvalue weighted by Crippen LogP contribution is -2.12. The first-order valence-electron chi connectivity index (χ1n) is 5.08. The van der Waals surface area contributed by atoms with E-state index >= 15 is 0 Å². The summed E-state index contributed by atoms with van der Waals surface area (Å²) in [5.74, 6) is -1.39. The van der Waals surface area contributed by atoms with Gasteiger partial charge in [-0.1, -0.05) is 0 Å². The van der Waals surface area contributed by atoms with Crippen LogP contribution in [-0.2, 0) is 6.42 Å². The van der Waals surface area contributed by atoms with Gasteiger partial charge >= 0.3 is 0 Å². The van der Waals surface area contributed by atoms with Crippen molar-refractivity contribution in [2.75, 3.05) is 6.54 Å². The van der Waals surface area contributed by atoms with Crippen molar-refractivity contribution in [1.29, 1.82) is 0 Å². The van der Waals surface area contributed by atoms with Crippen molar-refractivity contribution in [3.8, 4) is 11.3 Å². The van der Waals surface area contributed by atoms with Crippen LogP contribution in [0.3, 0.4) is 0 Å². The minimum atomic E-state index is -0.724. The quantitative estimate of drug-likeness (QED) is 0.751. The van der Waals surface area contributed by atoms with Crippen LogP contribution in [0.2, 0.25) is 0 Å². The van der Waals surface area contributed by atoms with Crippen LogP contribution >= 0.6 is 0 Å². The monoisotopic (exact) mass is 239 g/mol. The molecular formula is C11H11F2N3O. The summed E-state index contributed by atoms with van der Waals surface area (Å²) in [5, 5.41) is 4.95. The van der Waals surface area contributed by atoms with E-state index in [1.165, 1.54) is 6.07 Å². The van der Waals surface area contributed by atoms with Gasteiger partial charge in [0.25, 0.3) is 5.56 Å². The molecule has 0 aliphatic carbocycles. The largest absolute Gasteiger partial charge is 0.330 e.